The zero-order valence-corrected chi connectivity index (χ0v) is 8.98. The van der Waals surface area contributed by atoms with Crippen LogP contribution in [0.3, 0.4) is 0 Å². The van der Waals surface area contributed by atoms with Crippen molar-refractivity contribution in [2.24, 2.45) is 5.73 Å². The molecule has 4 nitrogen and oxygen atoms in total. The monoisotopic (exact) mass is 232 g/mol. The van der Waals surface area contributed by atoms with Crippen LogP contribution in [0, 0.1) is 0 Å². The van der Waals surface area contributed by atoms with Gasteiger partial charge in [0, 0.05) is 0 Å². The number of nitrogens with one attached hydrogen (secondary N) is 1. The van der Waals surface area contributed by atoms with E-state index in [0.717, 1.165) is 11.3 Å². The van der Waals surface area contributed by atoms with Gasteiger partial charge in [-0.15, -0.1) is 11.3 Å². The van der Waals surface area contributed by atoms with Crippen molar-refractivity contribution in [3.8, 4) is 0 Å². The van der Waals surface area contributed by atoms with Gasteiger partial charge in [-0.05, 0) is 19.1 Å². The number of primary amides is 1. The molecule has 3 N–H and O–H groups in total. The van der Waals surface area contributed by atoms with Crippen molar-refractivity contribution < 1.29 is 9.59 Å². The number of amides is 2. The van der Waals surface area contributed by atoms with Gasteiger partial charge in [0.25, 0.3) is 5.91 Å². The summed E-state index contributed by atoms with van der Waals surface area (Å²) in [6, 6.07) is 2.54. The van der Waals surface area contributed by atoms with Crippen LogP contribution < -0.4 is 11.1 Å². The molecule has 0 aliphatic rings. The third kappa shape index (κ3) is 2.71. The lowest BCUT2D eigenvalue weighted by Gasteiger charge is -2.08. The second kappa shape index (κ2) is 4.43. The first-order valence-corrected chi connectivity index (χ1v) is 5.05. The molecular formula is C8H9ClN2O2S. The minimum absolute atomic E-state index is 0.340. The van der Waals surface area contributed by atoms with Gasteiger partial charge in [-0.25, -0.2) is 0 Å². The molecule has 0 spiro atoms. The summed E-state index contributed by atoms with van der Waals surface area (Å²) in [5.74, 6) is -0.908. The van der Waals surface area contributed by atoms with Crippen molar-refractivity contribution in [1.29, 1.82) is 0 Å². The Hall–Kier alpha value is -1.07. The van der Waals surface area contributed by atoms with E-state index in [9.17, 15) is 9.59 Å². The quantitative estimate of drug-likeness (QED) is 0.816. The molecule has 1 atom stereocenters. The highest BCUT2D eigenvalue weighted by Crippen LogP contribution is 2.21. The molecule has 76 valence electrons. The van der Waals surface area contributed by atoms with E-state index in [2.05, 4.69) is 5.32 Å². The summed E-state index contributed by atoms with van der Waals surface area (Å²) in [4.78, 5) is 22.5. The molecule has 0 saturated carbocycles. The number of nitrogens with two attached hydrogens (primary N) is 1. The number of hydrogen-bond donors (Lipinski definition) is 2. The van der Waals surface area contributed by atoms with Crippen LogP contribution in [-0.4, -0.2) is 17.9 Å². The van der Waals surface area contributed by atoms with Gasteiger partial charge >= 0.3 is 0 Å². The molecule has 0 bridgehead atoms. The number of carbonyl (C=O) groups is 2. The molecular weight excluding hydrogens is 224 g/mol. The van der Waals surface area contributed by atoms with E-state index >= 15 is 0 Å². The molecule has 0 aromatic carbocycles. The standard InChI is InChI=1S/C8H9ClN2O2S/c1-4(7(10)12)11-8(13)5-2-3-6(9)14-5/h2-4H,1H3,(H2,10,12)(H,11,13)/t4-/m1/s1. The van der Waals surface area contributed by atoms with Gasteiger partial charge in [0.15, 0.2) is 0 Å². The number of halogens is 1. The van der Waals surface area contributed by atoms with E-state index in [1.165, 1.54) is 6.92 Å². The lowest BCUT2D eigenvalue weighted by Crippen LogP contribution is -2.41. The molecule has 0 radical (unpaired) electrons. The molecule has 1 heterocycles. The average Bonchev–Trinajstić information content (AvgIpc) is 2.51. The smallest absolute Gasteiger partial charge is 0.262 e. The Bertz CT molecular complexity index is 364. The fourth-order valence-electron chi connectivity index (χ4n) is 0.775. The molecule has 14 heavy (non-hydrogen) atoms. The van der Waals surface area contributed by atoms with Crippen LogP contribution in [0.1, 0.15) is 16.6 Å². The largest absolute Gasteiger partial charge is 0.368 e. The van der Waals surface area contributed by atoms with Crippen LogP contribution in [-0.2, 0) is 4.79 Å². The van der Waals surface area contributed by atoms with Crippen LogP contribution >= 0.6 is 22.9 Å². The summed E-state index contributed by atoms with van der Waals surface area (Å²) in [6.07, 6.45) is 0. The van der Waals surface area contributed by atoms with E-state index in [1.54, 1.807) is 12.1 Å². The van der Waals surface area contributed by atoms with Crippen LogP contribution in [0.15, 0.2) is 12.1 Å². The Labute approximate surface area is 90.0 Å². The molecule has 0 aliphatic carbocycles. The fraction of sp³-hybridized carbons (Fsp3) is 0.250. The van der Waals surface area contributed by atoms with E-state index in [1.807, 2.05) is 0 Å². The van der Waals surface area contributed by atoms with Crippen molar-refractivity contribution in [2.45, 2.75) is 13.0 Å². The number of rotatable bonds is 3. The lowest BCUT2D eigenvalue weighted by molar-refractivity contribution is -0.119. The normalized spacial score (nSPS) is 12.1. The second-order valence-electron chi connectivity index (χ2n) is 2.70. The van der Waals surface area contributed by atoms with E-state index in [-0.39, 0.29) is 5.91 Å². The summed E-state index contributed by atoms with van der Waals surface area (Å²) in [5, 5.41) is 2.45. The summed E-state index contributed by atoms with van der Waals surface area (Å²) >= 11 is 6.80. The Balaban J connectivity index is 2.63. The minimum atomic E-state index is -0.677. The van der Waals surface area contributed by atoms with E-state index in [0.29, 0.717) is 9.21 Å². The third-order valence-corrected chi connectivity index (χ3v) is 2.80. The van der Waals surface area contributed by atoms with Gasteiger partial charge in [0.1, 0.15) is 6.04 Å². The van der Waals surface area contributed by atoms with Crippen molar-refractivity contribution >= 4 is 34.8 Å². The molecule has 0 fully saturated rings. The number of carbonyl (C=O) groups excluding carboxylic acids is 2. The summed E-state index contributed by atoms with van der Waals surface area (Å²) < 4.78 is 0.530. The molecule has 1 aromatic heterocycles. The van der Waals surface area contributed by atoms with Gasteiger partial charge in [-0.1, -0.05) is 11.6 Å². The molecule has 0 saturated heterocycles. The van der Waals surface area contributed by atoms with Gasteiger partial charge in [0.2, 0.25) is 5.91 Å². The van der Waals surface area contributed by atoms with Gasteiger partial charge in [0.05, 0.1) is 9.21 Å². The van der Waals surface area contributed by atoms with E-state index in [4.69, 9.17) is 17.3 Å². The maximum absolute atomic E-state index is 11.4. The Kier molecular flexibility index (Phi) is 3.49. The highest BCUT2D eigenvalue weighted by molar-refractivity contribution is 7.18. The van der Waals surface area contributed by atoms with Crippen LogP contribution in [0.25, 0.3) is 0 Å². The maximum atomic E-state index is 11.4. The number of hydrogen-bond acceptors (Lipinski definition) is 3. The Morgan fingerprint density at radius 3 is 2.64 bits per heavy atom. The SMILES string of the molecule is C[C@@H](NC(=O)c1ccc(Cl)s1)C(N)=O. The molecule has 1 rings (SSSR count). The van der Waals surface area contributed by atoms with Crippen LogP contribution in [0.5, 0.6) is 0 Å². The van der Waals surface area contributed by atoms with Crippen molar-refractivity contribution in [1.82, 2.24) is 5.32 Å². The Morgan fingerprint density at radius 2 is 2.21 bits per heavy atom. The molecule has 2 amide bonds. The lowest BCUT2D eigenvalue weighted by atomic mass is 10.3. The van der Waals surface area contributed by atoms with Gasteiger partial charge in [-0.2, -0.15) is 0 Å². The summed E-state index contributed by atoms with van der Waals surface area (Å²) in [7, 11) is 0. The van der Waals surface area contributed by atoms with E-state index < -0.39 is 11.9 Å². The highest BCUT2D eigenvalue weighted by atomic mass is 35.5. The zero-order chi connectivity index (χ0) is 10.7. The fourth-order valence-corrected chi connectivity index (χ4v) is 1.72. The first-order valence-electron chi connectivity index (χ1n) is 3.86. The van der Waals surface area contributed by atoms with Gasteiger partial charge in [-0.3, -0.25) is 9.59 Å². The summed E-state index contributed by atoms with van der Waals surface area (Å²) in [5.41, 5.74) is 4.99. The van der Waals surface area contributed by atoms with Crippen LogP contribution in [0.2, 0.25) is 4.34 Å². The van der Waals surface area contributed by atoms with Gasteiger partial charge < -0.3 is 11.1 Å². The first kappa shape index (κ1) is 11.0. The number of thiophene rings is 1. The van der Waals surface area contributed by atoms with Crippen LogP contribution in [0.4, 0.5) is 0 Å². The molecule has 0 aliphatic heterocycles. The maximum Gasteiger partial charge on any atom is 0.262 e. The zero-order valence-electron chi connectivity index (χ0n) is 7.41. The molecule has 0 unspecified atom stereocenters. The minimum Gasteiger partial charge on any atom is -0.368 e. The first-order chi connectivity index (χ1) is 6.50. The average molecular weight is 233 g/mol. The predicted molar refractivity (Wildman–Crippen MR) is 55.5 cm³/mol. The highest BCUT2D eigenvalue weighted by Gasteiger charge is 2.14. The second-order valence-corrected chi connectivity index (χ2v) is 4.42. The van der Waals surface area contributed by atoms with Crippen molar-refractivity contribution in [2.75, 3.05) is 0 Å². The topological polar surface area (TPSA) is 72.2 Å². The molecule has 1 aromatic rings. The predicted octanol–water partition coefficient (Wildman–Crippen LogP) is 1.01. The Morgan fingerprint density at radius 1 is 1.57 bits per heavy atom. The van der Waals surface area contributed by atoms with Crippen molar-refractivity contribution in [3.05, 3.63) is 21.3 Å². The molecule has 6 heteroatoms. The third-order valence-electron chi connectivity index (χ3n) is 1.57. The van der Waals surface area contributed by atoms with Crippen molar-refractivity contribution in [3.63, 3.8) is 0 Å². The summed E-state index contributed by atoms with van der Waals surface area (Å²) in [6.45, 7) is 1.52.